The molecule has 2 rings (SSSR count). The fourth-order valence-corrected chi connectivity index (χ4v) is 5.23. The van der Waals surface area contributed by atoms with E-state index in [9.17, 15) is 14.4 Å². The van der Waals surface area contributed by atoms with Crippen LogP contribution < -0.4 is 0 Å². The second-order valence-corrected chi connectivity index (χ2v) is 10.3. The Morgan fingerprint density at radius 2 is 1.97 bits per heavy atom. The number of halogens is 1. The number of methoxy groups -OCH3 is 1. The Bertz CT molecular complexity index is 812. The normalized spacial score (nSPS) is 26.6. The van der Waals surface area contributed by atoms with Crippen LogP contribution in [0.4, 0.5) is 0 Å². The predicted octanol–water partition coefficient (Wildman–Crippen LogP) is 5.35. The summed E-state index contributed by atoms with van der Waals surface area (Å²) in [4.78, 5) is 38.8. The van der Waals surface area contributed by atoms with Crippen LogP contribution in [0.5, 0.6) is 0 Å². The second kappa shape index (κ2) is 14.9. The van der Waals surface area contributed by atoms with Gasteiger partial charge in [-0.15, -0.1) is 0 Å². The molecule has 0 radical (unpaired) electrons. The molecule has 1 aliphatic carbocycles. The van der Waals surface area contributed by atoms with Gasteiger partial charge < -0.3 is 19.1 Å². The molecule has 7 nitrogen and oxygen atoms in total. The van der Waals surface area contributed by atoms with Crippen LogP contribution in [0.1, 0.15) is 85.0 Å². The molecule has 204 valence electrons. The number of allylic oxidation sites excluding steroid dienone is 1. The number of esters is 1. The molecule has 0 unspecified atom stereocenters. The smallest absolute Gasteiger partial charge is 0.302 e. The molecule has 1 amide bonds. The fourth-order valence-electron chi connectivity index (χ4n) is 5.00. The lowest BCUT2D eigenvalue weighted by molar-refractivity contribution is -0.152. The molecule has 1 saturated heterocycles. The fraction of sp³-hybridized carbons (Fsp3) is 0.750. The molecule has 36 heavy (non-hydrogen) atoms. The molecular weight excluding hydrogens is 482 g/mol. The molecule has 1 aliphatic heterocycles. The van der Waals surface area contributed by atoms with Gasteiger partial charge in [0, 0.05) is 51.6 Å². The van der Waals surface area contributed by atoms with Crippen molar-refractivity contribution in [3.05, 3.63) is 23.3 Å². The van der Waals surface area contributed by atoms with Crippen LogP contribution in [0.3, 0.4) is 0 Å². The van der Waals surface area contributed by atoms with Crippen molar-refractivity contribution in [1.82, 2.24) is 4.90 Å². The Balaban J connectivity index is 1.78. The minimum Gasteiger partial charge on any atom is -0.462 e. The third-order valence-corrected chi connectivity index (χ3v) is 7.58. The Labute approximate surface area is 221 Å². The largest absolute Gasteiger partial charge is 0.462 e. The molecule has 0 spiro atoms. The van der Waals surface area contributed by atoms with Gasteiger partial charge in [-0.05, 0) is 19.3 Å². The van der Waals surface area contributed by atoms with Crippen molar-refractivity contribution in [1.29, 1.82) is 0 Å². The maximum atomic E-state index is 13.1. The molecule has 1 saturated carbocycles. The molecule has 0 aromatic heterocycles. The number of nitrogens with zero attached hydrogens (tertiary/aromatic N) is 1. The molecule has 0 aromatic rings. The second-order valence-electron chi connectivity index (χ2n) is 10.1. The summed E-state index contributed by atoms with van der Waals surface area (Å²) in [5, 5.41) is 0. The van der Waals surface area contributed by atoms with Gasteiger partial charge in [0.05, 0.1) is 12.0 Å². The Kier molecular flexibility index (Phi) is 12.6. The first-order valence-corrected chi connectivity index (χ1v) is 13.8. The summed E-state index contributed by atoms with van der Waals surface area (Å²) < 4.78 is 16.7. The standard InChI is InChI=1S/C28H44ClNO6/c1-6-7-8-9-11-14-23(34-5)15-12-10-13-16-26(32)30(4)19-22(18-29)28-25(36-28)17-24(35-21(3)31)20(2)27(28)33/h10,12,18,20,23-25H,6-9,11,13-17,19H2,1-5H3/b12-10+,22-18+/t20-,23+,24-,25+,28+/m1/s1. The van der Waals surface area contributed by atoms with Crippen LogP contribution in [0.15, 0.2) is 23.3 Å². The van der Waals surface area contributed by atoms with Crippen molar-refractivity contribution in [2.24, 2.45) is 5.92 Å². The van der Waals surface area contributed by atoms with Crippen molar-refractivity contribution < 1.29 is 28.6 Å². The van der Waals surface area contributed by atoms with Gasteiger partial charge in [0.25, 0.3) is 0 Å². The van der Waals surface area contributed by atoms with E-state index in [-0.39, 0.29) is 30.4 Å². The van der Waals surface area contributed by atoms with Crippen molar-refractivity contribution >= 4 is 29.3 Å². The van der Waals surface area contributed by atoms with Crippen molar-refractivity contribution in [2.45, 2.75) is 109 Å². The molecule has 1 heterocycles. The predicted molar refractivity (Wildman–Crippen MR) is 141 cm³/mol. The van der Waals surface area contributed by atoms with Gasteiger partial charge in [-0.25, -0.2) is 0 Å². The maximum absolute atomic E-state index is 13.1. The summed E-state index contributed by atoms with van der Waals surface area (Å²) in [7, 11) is 3.46. The van der Waals surface area contributed by atoms with Crippen LogP contribution in [-0.2, 0) is 28.6 Å². The molecule has 2 aliphatic rings. The van der Waals surface area contributed by atoms with Crippen LogP contribution in [0, 0.1) is 5.92 Å². The highest BCUT2D eigenvalue weighted by Crippen LogP contribution is 2.52. The number of unbranched alkanes of at least 4 members (excludes halogenated alkanes) is 4. The average Bonchev–Trinajstić information content (AvgIpc) is 3.58. The van der Waals surface area contributed by atoms with E-state index in [0.29, 0.717) is 24.8 Å². The van der Waals surface area contributed by atoms with E-state index in [1.54, 1.807) is 26.0 Å². The minimum atomic E-state index is -1.11. The topological polar surface area (TPSA) is 85.4 Å². The number of rotatable bonds is 16. The molecule has 0 N–H and O–H groups in total. The third-order valence-electron chi connectivity index (χ3n) is 7.32. The van der Waals surface area contributed by atoms with Crippen molar-refractivity contribution in [3.63, 3.8) is 0 Å². The summed E-state index contributed by atoms with van der Waals surface area (Å²) in [6.45, 7) is 5.50. The van der Waals surface area contributed by atoms with E-state index < -0.39 is 23.6 Å². The average molecular weight is 526 g/mol. The number of carbonyl (C=O) groups excluding carboxylic acids is 3. The monoisotopic (exact) mass is 525 g/mol. The van der Waals surface area contributed by atoms with Crippen LogP contribution in [0.2, 0.25) is 0 Å². The number of likely N-dealkylation sites (N-methyl/N-ethyl adjacent to an activating group) is 1. The van der Waals surface area contributed by atoms with Gasteiger partial charge in [0.15, 0.2) is 11.4 Å². The third kappa shape index (κ3) is 8.15. The van der Waals surface area contributed by atoms with E-state index in [2.05, 4.69) is 13.0 Å². The zero-order valence-electron chi connectivity index (χ0n) is 22.6. The number of ketones is 1. The number of carbonyl (C=O) groups is 3. The van der Waals surface area contributed by atoms with Gasteiger partial charge in [0.2, 0.25) is 5.91 Å². The summed E-state index contributed by atoms with van der Waals surface area (Å²) >= 11 is 6.11. The number of epoxide rings is 1. The van der Waals surface area contributed by atoms with E-state index >= 15 is 0 Å². The first-order chi connectivity index (χ1) is 17.2. The lowest BCUT2D eigenvalue weighted by atomic mass is 9.75. The van der Waals surface area contributed by atoms with Crippen LogP contribution in [0.25, 0.3) is 0 Å². The first-order valence-electron chi connectivity index (χ1n) is 13.3. The molecule has 2 fully saturated rings. The zero-order valence-corrected chi connectivity index (χ0v) is 23.4. The highest BCUT2D eigenvalue weighted by Gasteiger charge is 2.69. The van der Waals surface area contributed by atoms with E-state index in [4.69, 9.17) is 25.8 Å². The molecule has 8 heteroatoms. The van der Waals surface area contributed by atoms with Crippen LogP contribution >= 0.6 is 11.6 Å². The number of hydrogen-bond acceptors (Lipinski definition) is 6. The van der Waals surface area contributed by atoms with E-state index in [0.717, 1.165) is 12.8 Å². The molecule has 5 atom stereocenters. The number of hydrogen-bond donors (Lipinski definition) is 0. The number of Topliss-reactive ketones (excluding diaryl/α,β-unsaturated/α-hetero) is 1. The minimum absolute atomic E-state index is 0.0300. The molecule has 0 bridgehead atoms. The Hall–Kier alpha value is -1.70. The summed E-state index contributed by atoms with van der Waals surface area (Å²) in [6.07, 6.45) is 13.1. The van der Waals surface area contributed by atoms with Gasteiger partial charge in [-0.3, -0.25) is 14.4 Å². The number of fused-ring (bicyclic) bond motifs is 1. The maximum Gasteiger partial charge on any atom is 0.302 e. The summed E-state index contributed by atoms with van der Waals surface area (Å²) in [5.74, 6) is -1.10. The zero-order chi connectivity index (χ0) is 26.7. The number of ether oxygens (including phenoxy) is 3. The highest BCUT2D eigenvalue weighted by atomic mass is 35.5. The summed E-state index contributed by atoms with van der Waals surface area (Å²) in [6, 6.07) is 0. The van der Waals surface area contributed by atoms with Gasteiger partial charge in [-0.2, -0.15) is 0 Å². The van der Waals surface area contributed by atoms with Gasteiger partial charge >= 0.3 is 5.97 Å². The van der Waals surface area contributed by atoms with E-state index in [1.807, 2.05) is 6.08 Å². The Morgan fingerprint density at radius 1 is 1.25 bits per heavy atom. The Morgan fingerprint density at radius 3 is 2.61 bits per heavy atom. The first kappa shape index (κ1) is 30.5. The summed E-state index contributed by atoms with van der Waals surface area (Å²) in [5.41, 5.74) is 0.812. The van der Waals surface area contributed by atoms with Crippen LogP contribution in [-0.4, -0.2) is 67.2 Å². The SMILES string of the molecule is CCCCCCC[C@@H](C/C=C/CCC(=O)N(C)C/C(=C\Cl)[C@]12O[C@H]1C[C@@H](OC(C)=O)[C@@H](C)C2=O)OC. The van der Waals surface area contributed by atoms with Crippen molar-refractivity contribution in [2.75, 3.05) is 20.7 Å². The molecule has 0 aromatic carbocycles. The highest BCUT2D eigenvalue weighted by molar-refractivity contribution is 6.26. The van der Waals surface area contributed by atoms with Gasteiger partial charge in [0.1, 0.15) is 12.2 Å². The molecular formula is C28H44ClNO6. The van der Waals surface area contributed by atoms with Crippen molar-refractivity contribution in [3.8, 4) is 0 Å². The lowest BCUT2D eigenvalue weighted by Crippen LogP contribution is -2.48. The number of amides is 1. The van der Waals surface area contributed by atoms with Gasteiger partial charge in [-0.1, -0.05) is 69.7 Å². The van der Waals surface area contributed by atoms with E-state index in [1.165, 1.54) is 44.6 Å². The lowest BCUT2D eigenvalue weighted by Gasteiger charge is -2.31. The quantitative estimate of drug-likeness (QED) is 0.117.